The van der Waals surface area contributed by atoms with Gasteiger partial charge in [0, 0.05) is 12.1 Å². The first-order valence-electron chi connectivity index (χ1n) is 5.90. The third kappa shape index (κ3) is 3.14. The van der Waals surface area contributed by atoms with Crippen LogP contribution in [0, 0.1) is 0 Å². The highest BCUT2D eigenvalue weighted by Gasteiger charge is 2.16. The molecule has 2 rings (SSSR count). The molecule has 1 aromatic heterocycles. The van der Waals surface area contributed by atoms with Gasteiger partial charge in [0.05, 0.1) is 25.5 Å². The first kappa shape index (κ1) is 14.4. The summed E-state index contributed by atoms with van der Waals surface area (Å²) in [5.41, 5.74) is 0.285. The second-order valence-corrected chi connectivity index (χ2v) is 4.03. The van der Waals surface area contributed by atoms with Gasteiger partial charge in [0.25, 0.3) is 5.91 Å². The third-order valence-electron chi connectivity index (χ3n) is 2.73. The number of methoxy groups -OCH3 is 2. The molecule has 2 N–H and O–H groups in total. The van der Waals surface area contributed by atoms with Crippen LogP contribution in [0.3, 0.4) is 0 Å². The van der Waals surface area contributed by atoms with Crippen molar-refractivity contribution in [2.24, 2.45) is 0 Å². The summed E-state index contributed by atoms with van der Waals surface area (Å²) in [5.74, 6) is -0.894. The number of aromatic carboxylic acids is 1. The molecule has 0 aliphatic carbocycles. The van der Waals surface area contributed by atoms with Gasteiger partial charge in [0.2, 0.25) is 0 Å². The molecule has 0 saturated carbocycles. The van der Waals surface area contributed by atoms with Crippen LogP contribution in [-0.4, -0.2) is 31.2 Å². The fourth-order valence-corrected chi connectivity index (χ4v) is 1.66. The highest BCUT2D eigenvalue weighted by molar-refractivity contribution is 6.04. The van der Waals surface area contributed by atoms with Crippen LogP contribution in [0.4, 0.5) is 5.69 Å². The van der Waals surface area contributed by atoms with Crippen molar-refractivity contribution < 1.29 is 28.6 Å². The monoisotopic (exact) mass is 291 g/mol. The van der Waals surface area contributed by atoms with E-state index in [1.807, 2.05) is 0 Å². The molecule has 0 fully saturated rings. The van der Waals surface area contributed by atoms with Gasteiger partial charge in [-0.15, -0.1) is 0 Å². The maximum atomic E-state index is 12.0. The average molecular weight is 291 g/mol. The molecule has 0 radical (unpaired) electrons. The number of hydrogen-bond acceptors (Lipinski definition) is 5. The van der Waals surface area contributed by atoms with E-state index in [4.69, 9.17) is 19.0 Å². The normalized spacial score (nSPS) is 10.0. The average Bonchev–Trinajstić information content (AvgIpc) is 2.97. The van der Waals surface area contributed by atoms with Crippen LogP contribution >= 0.6 is 0 Å². The van der Waals surface area contributed by atoms with Crippen molar-refractivity contribution in [3.05, 3.63) is 41.9 Å². The van der Waals surface area contributed by atoms with E-state index in [-0.39, 0.29) is 11.3 Å². The number of carbonyl (C=O) groups is 2. The molecule has 0 saturated heterocycles. The number of hydrogen-bond donors (Lipinski definition) is 2. The zero-order valence-electron chi connectivity index (χ0n) is 11.4. The van der Waals surface area contributed by atoms with E-state index in [0.29, 0.717) is 17.2 Å². The Kier molecular flexibility index (Phi) is 4.13. The SMILES string of the molecule is COc1ccc(OC)c(NC(=O)c2cc(C(=O)O)co2)c1. The van der Waals surface area contributed by atoms with Gasteiger partial charge in [-0.25, -0.2) is 4.79 Å². The maximum Gasteiger partial charge on any atom is 0.338 e. The Morgan fingerprint density at radius 1 is 1.19 bits per heavy atom. The molecule has 110 valence electrons. The summed E-state index contributed by atoms with van der Waals surface area (Å²) in [7, 11) is 2.96. The first-order chi connectivity index (χ1) is 10.0. The lowest BCUT2D eigenvalue weighted by molar-refractivity contribution is 0.0696. The fraction of sp³-hybridized carbons (Fsp3) is 0.143. The lowest BCUT2D eigenvalue weighted by atomic mass is 10.2. The fourth-order valence-electron chi connectivity index (χ4n) is 1.66. The van der Waals surface area contributed by atoms with Crippen LogP contribution in [0.1, 0.15) is 20.9 Å². The summed E-state index contributed by atoms with van der Waals surface area (Å²) in [5, 5.41) is 11.4. The number of benzene rings is 1. The van der Waals surface area contributed by atoms with Gasteiger partial charge in [-0.3, -0.25) is 4.79 Å². The maximum absolute atomic E-state index is 12.0. The van der Waals surface area contributed by atoms with Crippen LogP contribution < -0.4 is 14.8 Å². The van der Waals surface area contributed by atoms with Gasteiger partial charge in [0.15, 0.2) is 5.76 Å². The minimum atomic E-state index is -1.17. The number of furan rings is 1. The standard InChI is InChI=1S/C14H13NO6/c1-19-9-3-4-11(20-2)10(6-9)15-13(16)12-5-8(7-21-12)14(17)18/h3-7H,1-2H3,(H,15,16)(H,17,18). The minimum absolute atomic E-state index is 0.0993. The molecule has 1 heterocycles. The Hall–Kier alpha value is -2.96. The summed E-state index contributed by atoms with van der Waals surface area (Å²) < 4.78 is 15.1. The smallest absolute Gasteiger partial charge is 0.338 e. The second-order valence-electron chi connectivity index (χ2n) is 4.03. The predicted molar refractivity (Wildman–Crippen MR) is 73.2 cm³/mol. The molecule has 0 unspecified atom stereocenters. The quantitative estimate of drug-likeness (QED) is 0.876. The summed E-state index contributed by atoms with van der Waals surface area (Å²) in [4.78, 5) is 22.8. The molecular weight excluding hydrogens is 278 g/mol. The lowest BCUT2D eigenvalue weighted by Crippen LogP contribution is -2.12. The van der Waals surface area contributed by atoms with Crippen LogP contribution in [0.5, 0.6) is 11.5 Å². The van der Waals surface area contributed by atoms with Gasteiger partial charge in [-0.2, -0.15) is 0 Å². The van der Waals surface area contributed by atoms with Gasteiger partial charge in [-0.1, -0.05) is 0 Å². The third-order valence-corrected chi connectivity index (χ3v) is 2.73. The molecular formula is C14H13NO6. The van der Waals surface area contributed by atoms with Crippen molar-refractivity contribution in [1.29, 1.82) is 0 Å². The molecule has 0 bridgehead atoms. The molecule has 0 atom stereocenters. The Labute approximate surface area is 120 Å². The number of carboxylic acid groups (broad SMARTS) is 1. The van der Waals surface area contributed by atoms with Crippen LogP contribution in [0.2, 0.25) is 0 Å². The molecule has 7 nitrogen and oxygen atoms in total. The molecule has 7 heteroatoms. The van der Waals surface area contributed by atoms with E-state index in [1.165, 1.54) is 14.2 Å². The van der Waals surface area contributed by atoms with E-state index >= 15 is 0 Å². The molecule has 21 heavy (non-hydrogen) atoms. The van der Waals surface area contributed by atoms with E-state index in [2.05, 4.69) is 5.32 Å². The van der Waals surface area contributed by atoms with Crippen LogP contribution in [0.25, 0.3) is 0 Å². The van der Waals surface area contributed by atoms with Gasteiger partial charge in [-0.05, 0) is 12.1 Å². The summed E-state index contributed by atoms with van der Waals surface area (Å²) in [6.45, 7) is 0. The van der Waals surface area contributed by atoms with Gasteiger partial charge >= 0.3 is 5.97 Å². The molecule has 1 aromatic carbocycles. The van der Waals surface area contributed by atoms with Gasteiger partial charge in [0.1, 0.15) is 17.8 Å². The van der Waals surface area contributed by atoms with Crippen molar-refractivity contribution >= 4 is 17.6 Å². The topological polar surface area (TPSA) is 98.0 Å². The zero-order valence-corrected chi connectivity index (χ0v) is 11.4. The lowest BCUT2D eigenvalue weighted by Gasteiger charge is -2.10. The minimum Gasteiger partial charge on any atom is -0.497 e. The van der Waals surface area contributed by atoms with Crippen molar-refractivity contribution in [2.45, 2.75) is 0 Å². The van der Waals surface area contributed by atoms with Gasteiger partial charge < -0.3 is 24.3 Å². The van der Waals surface area contributed by atoms with Crippen LogP contribution in [0.15, 0.2) is 34.9 Å². The Bertz CT molecular complexity index is 676. The van der Waals surface area contributed by atoms with Crippen molar-refractivity contribution in [3.8, 4) is 11.5 Å². The number of carboxylic acids is 1. The summed E-state index contributed by atoms with van der Waals surface area (Å²) in [6, 6.07) is 6.05. The number of ether oxygens (including phenoxy) is 2. The van der Waals surface area contributed by atoms with E-state index in [0.717, 1.165) is 12.3 Å². The van der Waals surface area contributed by atoms with Crippen molar-refractivity contribution in [2.75, 3.05) is 19.5 Å². The van der Waals surface area contributed by atoms with E-state index < -0.39 is 11.9 Å². The number of amides is 1. The molecule has 1 amide bonds. The van der Waals surface area contributed by atoms with E-state index in [1.54, 1.807) is 18.2 Å². The second kappa shape index (κ2) is 6.00. The predicted octanol–water partition coefficient (Wildman–Crippen LogP) is 2.25. The first-order valence-corrected chi connectivity index (χ1v) is 5.90. The largest absolute Gasteiger partial charge is 0.497 e. The number of rotatable bonds is 5. The van der Waals surface area contributed by atoms with Crippen LogP contribution in [-0.2, 0) is 0 Å². The highest BCUT2D eigenvalue weighted by Crippen LogP contribution is 2.29. The molecule has 0 spiro atoms. The summed E-state index contributed by atoms with van der Waals surface area (Å²) >= 11 is 0. The summed E-state index contributed by atoms with van der Waals surface area (Å²) in [6.07, 6.45) is 1.00. The van der Waals surface area contributed by atoms with Crippen molar-refractivity contribution in [1.82, 2.24) is 0 Å². The van der Waals surface area contributed by atoms with Crippen molar-refractivity contribution in [3.63, 3.8) is 0 Å². The zero-order chi connectivity index (χ0) is 15.4. The highest BCUT2D eigenvalue weighted by atomic mass is 16.5. The Balaban J connectivity index is 2.23. The molecule has 2 aromatic rings. The van der Waals surface area contributed by atoms with E-state index in [9.17, 15) is 9.59 Å². The number of anilines is 1. The molecule has 0 aliphatic rings. The Morgan fingerprint density at radius 2 is 1.95 bits per heavy atom. The Morgan fingerprint density at radius 3 is 2.52 bits per heavy atom. The molecule has 0 aliphatic heterocycles. The number of nitrogens with one attached hydrogen (secondary N) is 1. The number of carbonyl (C=O) groups excluding carboxylic acids is 1.